The van der Waals surface area contributed by atoms with E-state index in [0.717, 1.165) is 32.2 Å². The van der Waals surface area contributed by atoms with Gasteiger partial charge in [-0.3, -0.25) is 0 Å². The maximum absolute atomic E-state index is 11.7. The number of rotatable bonds is 10. The molecule has 0 radical (unpaired) electrons. The van der Waals surface area contributed by atoms with Gasteiger partial charge >= 0.3 is 0 Å². The molecule has 2 N–H and O–H groups in total. The average molecular weight is 250 g/mol. The van der Waals surface area contributed by atoms with Crippen molar-refractivity contribution < 1.29 is 8.42 Å². The van der Waals surface area contributed by atoms with Crippen LogP contribution in [0.25, 0.3) is 0 Å². The van der Waals surface area contributed by atoms with E-state index >= 15 is 0 Å². The van der Waals surface area contributed by atoms with E-state index in [1.165, 1.54) is 0 Å². The van der Waals surface area contributed by atoms with Crippen LogP contribution in [0.1, 0.15) is 46.5 Å². The molecule has 0 aromatic heterocycles. The highest BCUT2D eigenvalue weighted by Crippen LogP contribution is 1.98. The van der Waals surface area contributed by atoms with Crippen LogP contribution in [0.4, 0.5) is 0 Å². The lowest BCUT2D eigenvalue weighted by molar-refractivity contribution is 0.553. The van der Waals surface area contributed by atoms with Crippen LogP contribution in [0.15, 0.2) is 0 Å². The van der Waals surface area contributed by atoms with E-state index in [0.29, 0.717) is 13.1 Å². The van der Waals surface area contributed by atoms with Crippen LogP contribution in [0, 0.1) is 0 Å². The molecular formula is C11H26N2O2S. The fraction of sp³-hybridized carbons (Fsp3) is 1.00. The van der Waals surface area contributed by atoms with Gasteiger partial charge in [-0.05, 0) is 26.3 Å². The van der Waals surface area contributed by atoms with Crippen LogP contribution in [0.5, 0.6) is 0 Å². The van der Waals surface area contributed by atoms with Crippen molar-refractivity contribution in [2.24, 2.45) is 0 Å². The molecule has 0 aliphatic heterocycles. The van der Waals surface area contributed by atoms with Crippen LogP contribution >= 0.6 is 0 Å². The smallest absolute Gasteiger partial charge is 0.215 e. The van der Waals surface area contributed by atoms with Gasteiger partial charge < -0.3 is 5.32 Å². The standard InChI is InChI=1S/C11H26N2O2S/c1-4-6-7-9-13-16(14,15)11(3)10-12-8-5-2/h11-13H,4-10H2,1-3H3. The first-order chi connectivity index (χ1) is 7.54. The SMILES string of the molecule is CCCCCNS(=O)(=O)C(C)CNCCC. The molecule has 0 saturated carbocycles. The van der Waals surface area contributed by atoms with Crippen LogP contribution < -0.4 is 10.0 Å². The molecule has 0 bridgehead atoms. The Morgan fingerprint density at radius 3 is 2.31 bits per heavy atom. The zero-order valence-electron chi connectivity index (χ0n) is 10.8. The maximum Gasteiger partial charge on any atom is 0.215 e. The second-order valence-corrected chi connectivity index (χ2v) is 6.34. The van der Waals surface area contributed by atoms with Crippen molar-refractivity contribution in [2.45, 2.75) is 51.7 Å². The Morgan fingerprint density at radius 1 is 1.06 bits per heavy atom. The minimum Gasteiger partial charge on any atom is -0.315 e. The third kappa shape index (κ3) is 7.19. The Balaban J connectivity index is 3.82. The van der Waals surface area contributed by atoms with Gasteiger partial charge in [0.25, 0.3) is 0 Å². The summed E-state index contributed by atoms with van der Waals surface area (Å²) in [5.74, 6) is 0. The Kier molecular flexibility index (Phi) is 8.89. The number of hydrogen-bond acceptors (Lipinski definition) is 3. The van der Waals surface area contributed by atoms with Crippen molar-refractivity contribution >= 4 is 10.0 Å². The van der Waals surface area contributed by atoms with Crippen molar-refractivity contribution in [3.63, 3.8) is 0 Å². The summed E-state index contributed by atoms with van der Waals surface area (Å²) in [5.41, 5.74) is 0. The third-order valence-corrected chi connectivity index (χ3v) is 4.30. The fourth-order valence-corrected chi connectivity index (χ4v) is 2.37. The molecule has 16 heavy (non-hydrogen) atoms. The lowest BCUT2D eigenvalue weighted by Crippen LogP contribution is -2.39. The highest BCUT2D eigenvalue weighted by molar-refractivity contribution is 7.90. The Hall–Kier alpha value is -0.130. The quantitative estimate of drug-likeness (QED) is 0.577. The number of sulfonamides is 1. The molecule has 0 heterocycles. The summed E-state index contributed by atoms with van der Waals surface area (Å²) in [6.07, 6.45) is 4.13. The van der Waals surface area contributed by atoms with Crippen molar-refractivity contribution in [1.29, 1.82) is 0 Å². The van der Waals surface area contributed by atoms with Crippen LogP contribution in [0.3, 0.4) is 0 Å². The van der Waals surface area contributed by atoms with Crippen LogP contribution in [-0.2, 0) is 10.0 Å². The summed E-state index contributed by atoms with van der Waals surface area (Å²) < 4.78 is 26.1. The molecule has 0 saturated heterocycles. The Bertz CT molecular complexity index is 253. The first kappa shape index (κ1) is 15.9. The molecule has 0 aliphatic carbocycles. The maximum atomic E-state index is 11.7. The summed E-state index contributed by atoms with van der Waals surface area (Å²) in [6.45, 7) is 7.87. The van der Waals surface area contributed by atoms with Gasteiger partial charge in [0.05, 0.1) is 5.25 Å². The summed E-state index contributed by atoms with van der Waals surface area (Å²) in [7, 11) is -3.13. The number of hydrogen-bond donors (Lipinski definition) is 2. The van der Waals surface area contributed by atoms with E-state index in [-0.39, 0.29) is 5.25 Å². The molecule has 1 atom stereocenters. The van der Waals surface area contributed by atoms with Crippen molar-refractivity contribution in [1.82, 2.24) is 10.0 Å². The third-order valence-electron chi connectivity index (χ3n) is 2.47. The predicted molar refractivity (Wildman–Crippen MR) is 69.1 cm³/mol. The highest BCUT2D eigenvalue weighted by atomic mass is 32.2. The Morgan fingerprint density at radius 2 is 1.75 bits per heavy atom. The summed E-state index contributed by atoms with van der Waals surface area (Å²) in [6, 6.07) is 0. The molecule has 1 unspecified atom stereocenters. The minimum atomic E-state index is -3.13. The van der Waals surface area contributed by atoms with Crippen molar-refractivity contribution in [2.75, 3.05) is 19.6 Å². The molecule has 0 spiro atoms. The lowest BCUT2D eigenvalue weighted by atomic mass is 10.3. The molecular weight excluding hydrogens is 224 g/mol. The van der Waals surface area contributed by atoms with E-state index in [1.54, 1.807) is 6.92 Å². The fourth-order valence-electron chi connectivity index (χ4n) is 1.32. The summed E-state index contributed by atoms with van der Waals surface area (Å²) >= 11 is 0. The molecule has 0 amide bonds. The van der Waals surface area contributed by atoms with Gasteiger partial charge in [-0.1, -0.05) is 26.7 Å². The zero-order chi connectivity index (χ0) is 12.4. The molecule has 0 aromatic carbocycles. The van der Waals surface area contributed by atoms with E-state index in [4.69, 9.17) is 0 Å². The van der Waals surface area contributed by atoms with Gasteiger partial charge in [-0.15, -0.1) is 0 Å². The van der Waals surface area contributed by atoms with Gasteiger partial charge in [0, 0.05) is 13.1 Å². The van der Waals surface area contributed by atoms with Gasteiger partial charge in [-0.2, -0.15) is 0 Å². The normalized spacial score (nSPS) is 13.9. The summed E-state index contributed by atoms with van der Waals surface area (Å²) in [4.78, 5) is 0. The second-order valence-electron chi connectivity index (χ2n) is 4.16. The average Bonchev–Trinajstić information content (AvgIpc) is 2.24. The predicted octanol–water partition coefficient (Wildman–Crippen LogP) is 1.48. The van der Waals surface area contributed by atoms with Crippen molar-refractivity contribution in [3.8, 4) is 0 Å². The molecule has 5 heteroatoms. The molecule has 98 valence electrons. The van der Waals surface area contributed by atoms with Crippen LogP contribution in [0.2, 0.25) is 0 Å². The van der Waals surface area contributed by atoms with Gasteiger partial charge in [0.2, 0.25) is 10.0 Å². The first-order valence-electron chi connectivity index (χ1n) is 6.23. The largest absolute Gasteiger partial charge is 0.315 e. The monoisotopic (exact) mass is 250 g/mol. The molecule has 0 aliphatic rings. The Labute approximate surface area is 100 Å². The molecule has 0 rings (SSSR count). The van der Waals surface area contributed by atoms with Crippen molar-refractivity contribution in [3.05, 3.63) is 0 Å². The van der Waals surface area contributed by atoms with Gasteiger partial charge in [0.15, 0.2) is 0 Å². The topological polar surface area (TPSA) is 58.2 Å². The first-order valence-corrected chi connectivity index (χ1v) is 7.78. The second kappa shape index (κ2) is 8.96. The summed E-state index contributed by atoms with van der Waals surface area (Å²) in [5, 5.41) is 2.76. The van der Waals surface area contributed by atoms with Gasteiger partial charge in [0.1, 0.15) is 0 Å². The van der Waals surface area contributed by atoms with E-state index in [9.17, 15) is 8.42 Å². The van der Waals surface area contributed by atoms with E-state index < -0.39 is 10.0 Å². The minimum absolute atomic E-state index is 0.360. The van der Waals surface area contributed by atoms with E-state index in [2.05, 4.69) is 23.9 Å². The molecule has 4 nitrogen and oxygen atoms in total. The number of nitrogens with one attached hydrogen (secondary N) is 2. The highest BCUT2D eigenvalue weighted by Gasteiger charge is 2.18. The molecule has 0 aromatic rings. The van der Waals surface area contributed by atoms with Gasteiger partial charge in [-0.25, -0.2) is 13.1 Å². The molecule has 0 fully saturated rings. The lowest BCUT2D eigenvalue weighted by Gasteiger charge is -2.14. The zero-order valence-corrected chi connectivity index (χ0v) is 11.6. The van der Waals surface area contributed by atoms with Crippen LogP contribution in [-0.4, -0.2) is 33.3 Å². The number of unbranched alkanes of at least 4 members (excludes halogenated alkanes) is 2. The van der Waals surface area contributed by atoms with E-state index in [1.807, 2.05) is 0 Å².